The normalized spacial score (nSPS) is 18.7. The second-order valence-electron chi connectivity index (χ2n) is 8.42. The molecule has 8 heteroatoms. The number of amides is 2. The molecule has 2 saturated heterocycles. The van der Waals surface area contributed by atoms with E-state index in [9.17, 15) is 14.4 Å². The van der Waals surface area contributed by atoms with E-state index in [4.69, 9.17) is 13.9 Å². The van der Waals surface area contributed by atoms with Crippen LogP contribution in [0.5, 0.6) is 5.75 Å². The summed E-state index contributed by atoms with van der Waals surface area (Å²) < 4.78 is 16.9. The summed E-state index contributed by atoms with van der Waals surface area (Å²) >= 11 is 0. The van der Waals surface area contributed by atoms with Crippen LogP contribution in [0.2, 0.25) is 0 Å². The van der Waals surface area contributed by atoms with Gasteiger partial charge in [-0.25, -0.2) is 9.59 Å². The molecule has 1 aromatic heterocycles. The second kappa shape index (κ2) is 8.24. The molecule has 0 bridgehead atoms. The first kappa shape index (κ1) is 21.2. The highest BCUT2D eigenvalue weighted by atomic mass is 16.6. The van der Waals surface area contributed by atoms with Gasteiger partial charge in [-0.15, -0.1) is 0 Å². The van der Waals surface area contributed by atoms with Crippen molar-refractivity contribution in [2.45, 2.75) is 58.2 Å². The lowest BCUT2D eigenvalue weighted by Gasteiger charge is -2.38. The molecule has 0 aliphatic carbocycles. The van der Waals surface area contributed by atoms with Gasteiger partial charge in [0, 0.05) is 42.9 Å². The Labute approximate surface area is 180 Å². The Morgan fingerprint density at radius 3 is 2.68 bits per heavy atom. The van der Waals surface area contributed by atoms with Crippen LogP contribution in [0.25, 0.3) is 11.0 Å². The largest absolute Gasteiger partial charge is 0.480 e. The molecule has 8 nitrogen and oxygen atoms in total. The minimum absolute atomic E-state index is 0.118. The first-order valence-electron chi connectivity index (χ1n) is 10.8. The third-order valence-electron chi connectivity index (χ3n) is 6.22. The molecule has 0 radical (unpaired) electrons. The van der Waals surface area contributed by atoms with Gasteiger partial charge >= 0.3 is 11.7 Å². The molecule has 2 aliphatic rings. The van der Waals surface area contributed by atoms with Gasteiger partial charge < -0.3 is 24.1 Å². The highest BCUT2D eigenvalue weighted by Crippen LogP contribution is 2.31. The van der Waals surface area contributed by atoms with Gasteiger partial charge in [-0.05, 0) is 38.0 Å². The molecule has 2 aliphatic heterocycles. The number of piperidine rings is 1. The Morgan fingerprint density at radius 2 is 2.03 bits per heavy atom. The summed E-state index contributed by atoms with van der Waals surface area (Å²) in [5.41, 5.74) is 1.28. The molecule has 1 atom stereocenters. The van der Waals surface area contributed by atoms with Gasteiger partial charge in [0.15, 0.2) is 6.10 Å². The summed E-state index contributed by atoms with van der Waals surface area (Å²) in [5.74, 6) is 0.403. The third kappa shape index (κ3) is 4.11. The van der Waals surface area contributed by atoms with Crippen LogP contribution < -0.4 is 15.7 Å². The number of alkyl carbamates (subject to hydrolysis) is 1. The van der Waals surface area contributed by atoms with Gasteiger partial charge in [-0.1, -0.05) is 13.3 Å². The van der Waals surface area contributed by atoms with E-state index in [-0.39, 0.29) is 11.5 Å². The molecule has 31 heavy (non-hydrogen) atoms. The molecule has 1 aromatic carbocycles. The van der Waals surface area contributed by atoms with Crippen LogP contribution in [0.1, 0.15) is 44.2 Å². The molecule has 2 aromatic rings. The zero-order valence-corrected chi connectivity index (χ0v) is 18.2. The molecule has 1 N–H and O–H groups in total. The van der Waals surface area contributed by atoms with Crippen molar-refractivity contribution in [1.82, 2.24) is 10.2 Å². The fourth-order valence-corrected chi connectivity index (χ4v) is 4.43. The van der Waals surface area contributed by atoms with Crippen LogP contribution in [0.3, 0.4) is 0 Å². The van der Waals surface area contributed by atoms with E-state index in [1.807, 2.05) is 19.1 Å². The van der Waals surface area contributed by atoms with Gasteiger partial charge in [-0.3, -0.25) is 4.79 Å². The summed E-state index contributed by atoms with van der Waals surface area (Å²) in [4.78, 5) is 38.1. The van der Waals surface area contributed by atoms with Crippen molar-refractivity contribution in [3.05, 3.63) is 39.7 Å². The monoisotopic (exact) mass is 428 g/mol. The lowest BCUT2D eigenvalue weighted by Crippen LogP contribution is -2.51. The fourth-order valence-electron chi connectivity index (χ4n) is 4.43. The first-order valence-corrected chi connectivity index (χ1v) is 10.8. The van der Waals surface area contributed by atoms with Crippen LogP contribution in [0.4, 0.5) is 4.79 Å². The van der Waals surface area contributed by atoms with Crippen molar-refractivity contribution >= 4 is 23.0 Å². The maximum Gasteiger partial charge on any atom is 0.407 e. The highest BCUT2D eigenvalue weighted by molar-refractivity contribution is 5.85. The number of benzene rings is 1. The molecular formula is C23H28N2O6. The Kier molecular flexibility index (Phi) is 5.64. The Hall–Kier alpha value is -3.03. The van der Waals surface area contributed by atoms with Crippen molar-refractivity contribution in [3.8, 4) is 5.75 Å². The number of ether oxygens (including phenoxy) is 2. The molecule has 2 amide bonds. The fraction of sp³-hybridized carbons (Fsp3) is 0.522. The summed E-state index contributed by atoms with van der Waals surface area (Å²) in [6, 6.07) is 5.25. The van der Waals surface area contributed by atoms with Gasteiger partial charge in [-0.2, -0.15) is 0 Å². The molecular weight excluding hydrogens is 400 g/mol. The van der Waals surface area contributed by atoms with Gasteiger partial charge in [0.2, 0.25) is 0 Å². The van der Waals surface area contributed by atoms with Crippen molar-refractivity contribution < 1.29 is 23.5 Å². The van der Waals surface area contributed by atoms with E-state index in [0.29, 0.717) is 49.4 Å². The topological polar surface area (TPSA) is 98.1 Å². The van der Waals surface area contributed by atoms with Crippen LogP contribution >= 0.6 is 0 Å². The number of carbonyl (C=O) groups excluding carboxylic acids is 2. The average Bonchev–Trinajstić information content (AvgIpc) is 3.10. The Balaban J connectivity index is 1.47. The summed E-state index contributed by atoms with van der Waals surface area (Å²) in [5, 5.41) is 3.59. The summed E-state index contributed by atoms with van der Waals surface area (Å²) in [6.45, 7) is 7.12. The van der Waals surface area contributed by atoms with Gasteiger partial charge in [0.25, 0.3) is 5.91 Å². The number of nitrogens with zero attached hydrogens (tertiary/aromatic N) is 1. The number of hydrogen-bond acceptors (Lipinski definition) is 6. The van der Waals surface area contributed by atoms with E-state index < -0.39 is 17.8 Å². The Bertz CT molecular complexity index is 1070. The van der Waals surface area contributed by atoms with E-state index in [2.05, 4.69) is 12.2 Å². The lowest BCUT2D eigenvalue weighted by atomic mass is 9.91. The van der Waals surface area contributed by atoms with E-state index >= 15 is 0 Å². The summed E-state index contributed by atoms with van der Waals surface area (Å²) in [7, 11) is 0. The second-order valence-corrected chi connectivity index (χ2v) is 8.42. The molecule has 4 rings (SSSR count). The van der Waals surface area contributed by atoms with Crippen molar-refractivity contribution in [2.24, 2.45) is 0 Å². The number of fused-ring (bicyclic) bond motifs is 1. The first-order chi connectivity index (χ1) is 14.8. The molecule has 166 valence electrons. The van der Waals surface area contributed by atoms with Crippen LogP contribution in [-0.4, -0.2) is 48.2 Å². The van der Waals surface area contributed by atoms with E-state index in [1.54, 1.807) is 11.8 Å². The standard InChI is InChI=1S/C23H28N2O6/c1-4-5-16-12-19(26)30-20-14(2)18(7-6-17(16)20)29-15(3)21(27)25-10-8-23(9-11-25)13-24-22(28)31-23/h6-7,12,15H,4-5,8-11,13H2,1-3H3,(H,24,28). The van der Waals surface area contributed by atoms with Crippen LogP contribution in [-0.2, 0) is 16.0 Å². The lowest BCUT2D eigenvalue weighted by molar-refractivity contribution is -0.141. The maximum absolute atomic E-state index is 12.9. The molecule has 3 heterocycles. The zero-order valence-electron chi connectivity index (χ0n) is 18.2. The van der Waals surface area contributed by atoms with E-state index in [0.717, 1.165) is 23.8 Å². The van der Waals surface area contributed by atoms with Crippen LogP contribution in [0.15, 0.2) is 27.4 Å². The summed E-state index contributed by atoms with van der Waals surface area (Å²) in [6.07, 6.45) is 1.83. The number of nitrogens with one attached hydrogen (secondary N) is 1. The molecule has 1 unspecified atom stereocenters. The van der Waals surface area contributed by atoms with Crippen molar-refractivity contribution in [1.29, 1.82) is 0 Å². The predicted octanol–water partition coefficient (Wildman–Crippen LogP) is 2.92. The molecule has 2 fully saturated rings. The van der Waals surface area contributed by atoms with Crippen molar-refractivity contribution in [2.75, 3.05) is 19.6 Å². The number of likely N-dealkylation sites (tertiary alicyclic amines) is 1. The molecule has 1 spiro atoms. The van der Waals surface area contributed by atoms with E-state index in [1.165, 1.54) is 6.07 Å². The number of hydrogen-bond donors (Lipinski definition) is 1. The SMILES string of the molecule is CCCc1cc(=O)oc2c(C)c(OC(C)C(=O)N3CCC4(CC3)CNC(=O)O4)ccc12. The zero-order chi connectivity index (χ0) is 22.2. The third-order valence-corrected chi connectivity index (χ3v) is 6.22. The Morgan fingerprint density at radius 1 is 1.29 bits per heavy atom. The van der Waals surface area contributed by atoms with Crippen LogP contribution in [0, 0.1) is 6.92 Å². The minimum atomic E-state index is -0.694. The minimum Gasteiger partial charge on any atom is -0.480 e. The number of rotatable bonds is 5. The average molecular weight is 428 g/mol. The number of carbonyl (C=O) groups is 2. The van der Waals surface area contributed by atoms with Gasteiger partial charge in [0.05, 0.1) is 6.54 Å². The van der Waals surface area contributed by atoms with Gasteiger partial charge in [0.1, 0.15) is 16.9 Å². The molecule has 0 saturated carbocycles. The quantitative estimate of drug-likeness (QED) is 0.736. The maximum atomic E-state index is 12.9. The highest BCUT2D eigenvalue weighted by Gasteiger charge is 2.44. The predicted molar refractivity (Wildman–Crippen MR) is 114 cm³/mol. The van der Waals surface area contributed by atoms with Crippen molar-refractivity contribution in [3.63, 3.8) is 0 Å². The smallest absolute Gasteiger partial charge is 0.407 e. The number of aryl methyl sites for hydroxylation is 2.